The van der Waals surface area contributed by atoms with Gasteiger partial charge in [0.1, 0.15) is 11.3 Å². The molecule has 0 bridgehead atoms. The molecular weight excluding hydrogens is 324 g/mol. The minimum Gasteiger partial charge on any atom is -0.507 e. The van der Waals surface area contributed by atoms with Gasteiger partial charge < -0.3 is 10.2 Å². The maximum absolute atomic E-state index is 12.1. The van der Waals surface area contributed by atoms with Gasteiger partial charge in [-0.2, -0.15) is 0 Å². The molecule has 0 amide bonds. The number of carbonyl (C=O) groups is 1. The van der Waals surface area contributed by atoms with E-state index in [-0.39, 0.29) is 27.6 Å². The molecule has 0 radical (unpaired) electrons. The van der Waals surface area contributed by atoms with Gasteiger partial charge in [-0.25, -0.2) is 4.79 Å². The number of carboxylic acid groups (broad SMARTS) is 1. The lowest BCUT2D eigenvalue weighted by atomic mass is 9.75. The monoisotopic (exact) mass is 356 g/mol. The molecular formula is C23H32O3. The minimum absolute atomic E-state index is 0.0119. The fourth-order valence-corrected chi connectivity index (χ4v) is 3.34. The van der Waals surface area contributed by atoms with Crippen LogP contribution in [0.3, 0.4) is 0 Å². The molecule has 0 saturated heterocycles. The third kappa shape index (κ3) is 3.58. The lowest BCUT2D eigenvalue weighted by molar-refractivity contribution is 0.0695. The van der Waals surface area contributed by atoms with Crippen LogP contribution in [-0.2, 0) is 16.2 Å². The van der Waals surface area contributed by atoms with Crippen molar-refractivity contribution < 1.29 is 15.0 Å². The molecule has 2 aromatic rings. The number of benzene rings is 2. The molecule has 0 saturated carbocycles. The van der Waals surface area contributed by atoms with Crippen LogP contribution >= 0.6 is 0 Å². The Bertz CT molecular complexity index is 870. The van der Waals surface area contributed by atoms with Gasteiger partial charge in [0.15, 0.2) is 0 Å². The van der Waals surface area contributed by atoms with Crippen LogP contribution in [0.1, 0.15) is 89.4 Å². The van der Waals surface area contributed by atoms with E-state index in [0.717, 1.165) is 16.5 Å². The molecule has 2 aromatic carbocycles. The van der Waals surface area contributed by atoms with E-state index in [9.17, 15) is 15.0 Å². The Morgan fingerprint density at radius 1 is 0.769 bits per heavy atom. The molecule has 0 aliphatic carbocycles. The van der Waals surface area contributed by atoms with Gasteiger partial charge in [0, 0.05) is 10.9 Å². The maximum atomic E-state index is 12.1. The molecule has 0 spiro atoms. The number of hydrogen-bond donors (Lipinski definition) is 2. The first kappa shape index (κ1) is 20.3. The molecule has 26 heavy (non-hydrogen) atoms. The predicted molar refractivity (Wildman–Crippen MR) is 109 cm³/mol. The van der Waals surface area contributed by atoms with E-state index in [4.69, 9.17) is 0 Å². The summed E-state index contributed by atoms with van der Waals surface area (Å²) >= 11 is 0. The number of aromatic hydroxyl groups is 1. The van der Waals surface area contributed by atoms with Crippen LogP contribution in [0, 0.1) is 0 Å². The fourth-order valence-electron chi connectivity index (χ4n) is 3.34. The fraction of sp³-hybridized carbons (Fsp3) is 0.522. The molecule has 142 valence electrons. The number of phenols is 1. The Kier molecular flexibility index (Phi) is 4.68. The summed E-state index contributed by atoms with van der Waals surface area (Å²) in [5.74, 6) is -1.21. The summed E-state index contributed by atoms with van der Waals surface area (Å²) < 4.78 is 0. The van der Waals surface area contributed by atoms with Gasteiger partial charge in [-0.15, -0.1) is 0 Å². The zero-order valence-electron chi connectivity index (χ0n) is 17.5. The first-order valence-electron chi connectivity index (χ1n) is 9.13. The third-order valence-electron chi connectivity index (χ3n) is 4.91. The second kappa shape index (κ2) is 6.00. The average molecular weight is 357 g/mol. The quantitative estimate of drug-likeness (QED) is 0.645. The number of rotatable bonds is 1. The van der Waals surface area contributed by atoms with Crippen molar-refractivity contribution in [2.24, 2.45) is 0 Å². The smallest absolute Gasteiger partial charge is 0.340 e. The number of carboxylic acids is 1. The molecule has 0 aromatic heterocycles. The molecule has 3 nitrogen and oxygen atoms in total. The standard InChI is InChI=1S/C23H32O3/c1-21(2,3)14-10-13-11-16(23(7,8)9)19(24)18(20(25)26)17(13)15(12-14)22(4,5)6/h10-12,24H,1-9H3,(H,25,26). The van der Waals surface area contributed by atoms with E-state index in [0.29, 0.717) is 10.9 Å². The van der Waals surface area contributed by atoms with Crippen LogP contribution in [0.25, 0.3) is 10.8 Å². The van der Waals surface area contributed by atoms with Crippen LogP contribution in [0.5, 0.6) is 5.75 Å². The van der Waals surface area contributed by atoms with Crippen molar-refractivity contribution >= 4 is 16.7 Å². The van der Waals surface area contributed by atoms with E-state index >= 15 is 0 Å². The highest BCUT2D eigenvalue weighted by Crippen LogP contribution is 2.43. The van der Waals surface area contributed by atoms with Gasteiger partial charge in [-0.3, -0.25) is 0 Å². The topological polar surface area (TPSA) is 57.5 Å². The number of hydrogen-bond acceptors (Lipinski definition) is 2. The molecule has 2 rings (SSSR count). The van der Waals surface area contributed by atoms with Crippen molar-refractivity contribution in [1.82, 2.24) is 0 Å². The third-order valence-corrected chi connectivity index (χ3v) is 4.91. The van der Waals surface area contributed by atoms with Crippen LogP contribution < -0.4 is 0 Å². The van der Waals surface area contributed by atoms with Gasteiger partial charge in [-0.1, -0.05) is 74.4 Å². The molecule has 0 unspecified atom stereocenters. The molecule has 3 heteroatoms. The number of aromatic carboxylic acids is 1. The first-order valence-corrected chi connectivity index (χ1v) is 9.13. The predicted octanol–water partition coefficient (Wildman–Crippen LogP) is 6.14. The Hall–Kier alpha value is -2.03. The Labute approximate surface area is 157 Å². The van der Waals surface area contributed by atoms with E-state index in [2.05, 4.69) is 53.7 Å². The highest BCUT2D eigenvalue weighted by Gasteiger charge is 2.30. The largest absolute Gasteiger partial charge is 0.507 e. The second-order valence-electron chi connectivity index (χ2n) is 10.3. The summed E-state index contributed by atoms with van der Waals surface area (Å²) in [6.45, 7) is 18.7. The van der Waals surface area contributed by atoms with Crippen molar-refractivity contribution in [1.29, 1.82) is 0 Å². The van der Waals surface area contributed by atoms with E-state index in [1.165, 1.54) is 0 Å². The Morgan fingerprint density at radius 2 is 1.27 bits per heavy atom. The van der Waals surface area contributed by atoms with Crippen LogP contribution in [0.4, 0.5) is 0 Å². The zero-order valence-corrected chi connectivity index (χ0v) is 17.5. The van der Waals surface area contributed by atoms with Gasteiger partial charge >= 0.3 is 5.97 Å². The van der Waals surface area contributed by atoms with Crippen LogP contribution in [-0.4, -0.2) is 16.2 Å². The summed E-state index contributed by atoms with van der Waals surface area (Å²) in [6.07, 6.45) is 0. The summed E-state index contributed by atoms with van der Waals surface area (Å²) in [5.41, 5.74) is 2.12. The van der Waals surface area contributed by atoms with Crippen molar-refractivity contribution in [2.45, 2.75) is 78.6 Å². The summed E-state index contributed by atoms with van der Waals surface area (Å²) in [6, 6.07) is 6.14. The zero-order chi connectivity index (χ0) is 20.2. The van der Waals surface area contributed by atoms with E-state index in [1.54, 1.807) is 0 Å². The molecule has 0 aliphatic rings. The Balaban J connectivity index is 3.15. The highest BCUT2D eigenvalue weighted by atomic mass is 16.4. The van der Waals surface area contributed by atoms with Crippen molar-refractivity contribution in [3.63, 3.8) is 0 Å². The molecule has 0 heterocycles. The summed E-state index contributed by atoms with van der Waals surface area (Å²) in [4.78, 5) is 12.1. The van der Waals surface area contributed by atoms with Gasteiger partial charge in [0.25, 0.3) is 0 Å². The molecule has 0 aliphatic heterocycles. The van der Waals surface area contributed by atoms with Crippen molar-refractivity contribution in [3.8, 4) is 5.75 Å². The summed E-state index contributed by atoms with van der Waals surface area (Å²) in [7, 11) is 0. The van der Waals surface area contributed by atoms with Crippen molar-refractivity contribution in [2.75, 3.05) is 0 Å². The van der Waals surface area contributed by atoms with Crippen LogP contribution in [0.15, 0.2) is 18.2 Å². The normalized spacial score (nSPS) is 13.3. The maximum Gasteiger partial charge on any atom is 0.340 e. The SMILES string of the molecule is CC(C)(C)c1cc(C(C)(C)C)c2c(C(=O)O)c(O)c(C(C)(C)C)cc2c1. The molecule has 0 atom stereocenters. The molecule has 2 N–H and O–H groups in total. The first-order chi connectivity index (χ1) is 11.5. The van der Waals surface area contributed by atoms with Crippen molar-refractivity contribution in [3.05, 3.63) is 40.5 Å². The highest BCUT2D eigenvalue weighted by molar-refractivity contribution is 6.09. The second-order valence-corrected chi connectivity index (χ2v) is 10.3. The van der Waals surface area contributed by atoms with Crippen LogP contribution in [0.2, 0.25) is 0 Å². The average Bonchev–Trinajstić information content (AvgIpc) is 2.41. The van der Waals surface area contributed by atoms with E-state index in [1.807, 2.05) is 26.8 Å². The lowest BCUT2D eigenvalue weighted by Crippen LogP contribution is -2.19. The van der Waals surface area contributed by atoms with Gasteiger partial charge in [0.05, 0.1) is 0 Å². The van der Waals surface area contributed by atoms with Gasteiger partial charge in [0.2, 0.25) is 0 Å². The minimum atomic E-state index is -1.09. The van der Waals surface area contributed by atoms with Gasteiger partial charge in [-0.05, 0) is 38.8 Å². The number of fused-ring (bicyclic) bond motifs is 1. The summed E-state index contributed by atoms with van der Waals surface area (Å²) in [5, 5.41) is 22.3. The Morgan fingerprint density at radius 3 is 1.65 bits per heavy atom. The lowest BCUT2D eigenvalue weighted by Gasteiger charge is -2.29. The van der Waals surface area contributed by atoms with E-state index < -0.39 is 5.97 Å². The molecule has 0 fully saturated rings.